The topological polar surface area (TPSA) is 54.1 Å². The number of rotatable bonds is 9. The summed E-state index contributed by atoms with van der Waals surface area (Å²) in [6.45, 7) is 21.5. The average Bonchev–Trinajstić information content (AvgIpc) is 3.60. The quantitative estimate of drug-likeness (QED) is 0.149. The summed E-state index contributed by atoms with van der Waals surface area (Å²) in [5.41, 5.74) is 10.4. The lowest BCUT2D eigenvalue weighted by molar-refractivity contribution is 0.131. The highest BCUT2D eigenvalue weighted by molar-refractivity contribution is 6.09. The largest absolute Gasteiger partial charge is 0.488 e. The van der Waals surface area contributed by atoms with Crippen LogP contribution in [-0.2, 0) is 12.8 Å². The first-order valence-electron chi connectivity index (χ1n) is 18.9. The van der Waals surface area contributed by atoms with Crippen molar-refractivity contribution in [2.24, 2.45) is 5.41 Å². The monoisotopic (exact) mass is 722 g/mol. The Morgan fingerprint density at radius 3 is 2.17 bits per heavy atom. The van der Waals surface area contributed by atoms with Gasteiger partial charge in [0.2, 0.25) is 0 Å². The van der Waals surface area contributed by atoms with Gasteiger partial charge in [0, 0.05) is 46.8 Å². The molecule has 7 rings (SSSR count). The zero-order chi connectivity index (χ0) is 38.5. The predicted molar refractivity (Wildman–Crippen MR) is 219 cm³/mol. The van der Waals surface area contributed by atoms with Crippen LogP contribution in [0, 0.1) is 32.0 Å². The van der Waals surface area contributed by atoms with Crippen molar-refractivity contribution in [1.82, 2.24) is 19.3 Å². The number of fused-ring (bicyclic) bond motifs is 3. The molecule has 0 unspecified atom stereocenters. The number of aromatic nitrogens is 4. The molecule has 54 heavy (non-hydrogen) atoms. The van der Waals surface area contributed by atoms with Gasteiger partial charge in [0.15, 0.2) is 0 Å². The molecule has 7 aromatic rings. The summed E-state index contributed by atoms with van der Waals surface area (Å²) in [5.74, 6) is 2.05. The van der Waals surface area contributed by atoms with Crippen LogP contribution in [0.1, 0.15) is 83.0 Å². The number of pyridine rings is 1. The second kappa shape index (κ2) is 14.1. The van der Waals surface area contributed by atoms with E-state index in [-0.39, 0.29) is 11.0 Å². The van der Waals surface area contributed by atoms with Crippen LogP contribution in [0.4, 0.5) is 4.39 Å². The third kappa shape index (κ3) is 7.50. The standard InChI is InChI=1S/C47H51FN4O2/c1-11-14-40-45(32-21-29(2)31(4)30(3)22-32)43(28-46(5,6)7)52(50-40)34-23-33(48)24-37(25-34)53-35-17-18-39-38-15-12-13-16-41(38)51(42(39)26-35)44-27-36(19-20-49-44)54-47(8,9)10/h12-13,15-27H,11,14,28H2,1-10H3. The molecule has 0 saturated carbocycles. The minimum atomic E-state index is -0.393. The van der Waals surface area contributed by atoms with Crippen LogP contribution in [0.3, 0.4) is 0 Å². The first-order valence-corrected chi connectivity index (χ1v) is 18.9. The summed E-state index contributed by atoms with van der Waals surface area (Å²) in [6, 6.07) is 27.5. The Morgan fingerprint density at radius 2 is 1.46 bits per heavy atom. The van der Waals surface area contributed by atoms with Crippen molar-refractivity contribution in [2.75, 3.05) is 0 Å². The number of hydrogen-bond acceptors (Lipinski definition) is 4. The average molecular weight is 723 g/mol. The van der Waals surface area contributed by atoms with E-state index in [4.69, 9.17) is 19.6 Å². The molecule has 3 heterocycles. The predicted octanol–water partition coefficient (Wildman–Crippen LogP) is 12.6. The van der Waals surface area contributed by atoms with E-state index in [9.17, 15) is 0 Å². The van der Waals surface area contributed by atoms with Gasteiger partial charge in [0.25, 0.3) is 0 Å². The fraction of sp³-hybridized carbons (Fsp3) is 0.319. The van der Waals surface area contributed by atoms with Gasteiger partial charge in [0.05, 0.1) is 28.1 Å². The summed E-state index contributed by atoms with van der Waals surface area (Å²) < 4.78 is 32.5. The van der Waals surface area contributed by atoms with E-state index in [0.29, 0.717) is 17.2 Å². The number of nitrogens with zero attached hydrogens (tertiary/aromatic N) is 4. The van der Waals surface area contributed by atoms with Crippen LogP contribution >= 0.6 is 0 Å². The van der Waals surface area contributed by atoms with Crippen molar-refractivity contribution in [3.8, 4) is 39.9 Å². The zero-order valence-electron chi connectivity index (χ0n) is 33.3. The van der Waals surface area contributed by atoms with Crippen molar-refractivity contribution in [3.05, 3.63) is 125 Å². The van der Waals surface area contributed by atoms with E-state index in [1.54, 1.807) is 12.3 Å². The fourth-order valence-electron chi connectivity index (χ4n) is 7.37. The number of hydrogen-bond donors (Lipinski definition) is 0. The minimum absolute atomic E-state index is 0.0431. The maximum Gasteiger partial charge on any atom is 0.141 e. The van der Waals surface area contributed by atoms with Crippen molar-refractivity contribution in [2.45, 2.75) is 94.1 Å². The first-order chi connectivity index (χ1) is 25.6. The highest BCUT2D eigenvalue weighted by Gasteiger charge is 2.26. The Hall–Kier alpha value is -5.43. The number of ether oxygens (including phenoxy) is 2. The molecule has 278 valence electrons. The Labute approximate surface area is 318 Å². The normalized spacial score (nSPS) is 12.2. The van der Waals surface area contributed by atoms with Crippen molar-refractivity contribution >= 4 is 21.8 Å². The third-order valence-electron chi connectivity index (χ3n) is 9.81. The summed E-state index contributed by atoms with van der Waals surface area (Å²) >= 11 is 0. The van der Waals surface area contributed by atoms with Crippen LogP contribution < -0.4 is 9.47 Å². The summed E-state index contributed by atoms with van der Waals surface area (Å²) in [5, 5.41) is 7.37. The molecular weight excluding hydrogens is 672 g/mol. The third-order valence-corrected chi connectivity index (χ3v) is 9.81. The van der Waals surface area contributed by atoms with Crippen molar-refractivity contribution in [1.29, 1.82) is 0 Å². The highest BCUT2D eigenvalue weighted by Crippen LogP contribution is 2.39. The molecule has 0 fully saturated rings. The molecule has 0 saturated heterocycles. The van der Waals surface area contributed by atoms with E-state index in [1.165, 1.54) is 22.8 Å². The van der Waals surface area contributed by atoms with Gasteiger partial charge in [-0.15, -0.1) is 0 Å². The zero-order valence-corrected chi connectivity index (χ0v) is 33.3. The molecule has 0 aliphatic carbocycles. The van der Waals surface area contributed by atoms with Crippen LogP contribution in [0.15, 0.2) is 91.1 Å². The van der Waals surface area contributed by atoms with E-state index < -0.39 is 5.82 Å². The maximum absolute atomic E-state index is 15.7. The molecule has 0 N–H and O–H groups in total. The van der Waals surface area contributed by atoms with Crippen LogP contribution in [0.2, 0.25) is 0 Å². The molecule has 0 aliphatic rings. The molecule has 0 spiro atoms. The second-order valence-corrected chi connectivity index (χ2v) is 16.7. The van der Waals surface area contributed by atoms with Gasteiger partial charge in [-0.2, -0.15) is 5.10 Å². The van der Waals surface area contributed by atoms with E-state index in [2.05, 4.69) is 83.4 Å². The van der Waals surface area contributed by atoms with E-state index in [1.807, 2.05) is 67.9 Å². The second-order valence-electron chi connectivity index (χ2n) is 16.7. The maximum atomic E-state index is 15.7. The molecular formula is C47H51FN4O2. The van der Waals surface area contributed by atoms with Gasteiger partial charge in [-0.3, -0.25) is 4.57 Å². The molecule has 7 heteroatoms. The SMILES string of the molecule is CCCc1nn(-c2cc(F)cc(Oc3ccc4c5ccccc5n(-c5cc(OC(C)(C)C)ccn5)c4c3)c2)c(CC(C)(C)C)c1-c1cc(C)c(C)c(C)c1. The number of halogens is 1. The highest BCUT2D eigenvalue weighted by atomic mass is 19.1. The summed E-state index contributed by atoms with van der Waals surface area (Å²) in [7, 11) is 0. The van der Waals surface area contributed by atoms with Gasteiger partial charge in [-0.1, -0.05) is 64.4 Å². The minimum Gasteiger partial charge on any atom is -0.488 e. The van der Waals surface area contributed by atoms with Crippen molar-refractivity contribution in [3.63, 3.8) is 0 Å². The van der Waals surface area contributed by atoms with Gasteiger partial charge in [-0.05, 0) is 112 Å². The Morgan fingerprint density at radius 1 is 0.741 bits per heavy atom. The van der Waals surface area contributed by atoms with E-state index in [0.717, 1.165) is 75.2 Å². The van der Waals surface area contributed by atoms with Crippen molar-refractivity contribution < 1.29 is 13.9 Å². The first kappa shape index (κ1) is 36.9. The lowest BCUT2D eigenvalue weighted by Gasteiger charge is -2.21. The van der Waals surface area contributed by atoms with Crippen LogP contribution in [0.5, 0.6) is 17.2 Å². The molecule has 0 atom stereocenters. The van der Waals surface area contributed by atoms with Crippen LogP contribution in [-0.4, -0.2) is 24.9 Å². The number of aryl methyl sites for hydroxylation is 3. The molecule has 0 amide bonds. The molecule has 4 aromatic carbocycles. The van der Waals surface area contributed by atoms with E-state index >= 15 is 4.39 Å². The molecule has 0 radical (unpaired) electrons. The lowest BCUT2D eigenvalue weighted by Crippen LogP contribution is -2.23. The summed E-state index contributed by atoms with van der Waals surface area (Å²) in [4.78, 5) is 4.76. The Balaban J connectivity index is 1.34. The Bertz CT molecular complexity index is 2490. The van der Waals surface area contributed by atoms with Gasteiger partial charge in [0.1, 0.15) is 34.5 Å². The Kier molecular flexibility index (Phi) is 9.63. The molecule has 6 nitrogen and oxygen atoms in total. The smallest absolute Gasteiger partial charge is 0.141 e. The molecule has 0 aliphatic heterocycles. The van der Waals surface area contributed by atoms with Gasteiger partial charge >= 0.3 is 0 Å². The van der Waals surface area contributed by atoms with Gasteiger partial charge in [-0.25, -0.2) is 14.1 Å². The molecule has 0 bridgehead atoms. The lowest BCUT2D eigenvalue weighted by atomic mass is 9.86. The fourth-order valence-corrected chi connectivity index (χ4v) is 7.37. The number of benzene rings is 4. The molecule has 3 aromatic heterocycles. The van der Waals surface area contributed by atoms with Gasteiger partial charge < -0.3 is 9.47 Å². The summed E-state index contributed by atoms with van der Waals surface area (Å²) in [6.07, 6.45) is 4.30. The van der Waals surface area contributed by atoms with Crippen LogP contribution in [0.25, 0.3) is 44.4 Å². The number of para-hydroxylation sites is 1.